The van der Waals surface area contributed by atoms with Crippen molar-refractivity contribution in [1.82, 2.24) is 24.5 Å². The van der Waals surface area contributed by atoms with E-state index in [1.807, 2.05) is 4.90 Å². The summed E-state index contributed by atoms with van der Waals surface area (Å²) >= 11 is 5.28. The Kier molecular flexibility index (Phi) is 6.34. The van der Waals surface area contributed by atoms with Gasteiger partial charge in [0.15, 0.2) is 0 Å². The van der Waals surface area contributed by atoms with Crippen molar-refractivity contribution in [3.8, 4) is 11.5 Å². The first-order chi connectivity index (χ1) is 14.1. The lowest BCUT2D eigenvalue weighted by atomic mass is 10.2. The Bertz CT molecular complexity index is 886. The van der Waals surface area contributed by atoms with Gasteiger partial charge < -0.3 is 14.1 Å². The third-order valence-corrected chi connectivity index (χ3v) is 5.51. The van der Waals surface area contributed by atoms with Gasteiger partial charge in [0.1, 0.15) is 5.82 Å². The number of halogens is 1. The Hall–Kier alpha value is -2.14. The van der Waals surface area contributed by atoms with Crippen molar-refractivity contribution < 1.29 is 18.3 Å². The van der Waals surface area contributed by atoms with Crippen LogP contribution in [0, 0.1) is 10.7 Å². The first kappa shape index (κ1) is 20.1. The molecule has 1 aromatic heterocycles. The first-order valence-corrected chi connectivity index (χ1v) is 10.1. The number of rotatable bonds is 5. The van der Waals surface area contributed by atoms with E-state index in [4.69, 9.17) is 21.4 Å². The maximum absolute atomic E-state index is 13.1. The standard InChI is InChI=1S/C19H24FN5O3S/c20-16-3-1-15(2-4-16)18-21-25(19(29)28-18)14-23-5-7-24(8-6-23)17(26)13-22-9-11-27-12-10-22/h1-4H,5-14H2. The highest BCUT2D eigenvalue weighted by Gasteiger charge is 2.24. The van der Waals surface area contributed by atoms with Crippen LogP contribution in [-0.4, -0.2) is 89.4 Å². The van der Waals surface area contributed by atoms with E-state index in [9.17, 15) is 9.18 Å². The third kappa shape index (κ3) is 5.08. The van der Waals surface area contributed by atoms with E-state index < -0.39 is 0 Å². The van der Waals surface area contributed by atoms with Gasteiger partial charge in [-0.3, -0.25) is 14.6 Å². The zero-order valence-corrected chi connectivity index (χ0v) is 16.9. The second-order valence-electron chi connectivity index (χ2n) is 7.21. The van der Waals surface area contributed by atoms with E-state index in [0.717, 1.165) is 26.2 Å². The molecule has 8 nitrogen and oxygen atoms in total. The molecule has 0 unspecified atom stereocenters. The van der Waals surface area contributed by atoms with E-state index in [1.54, 1.807) is 16.8 Å². The van der Waals surface area contributed by atoms with Gasteiger partial charge in [0, 0.05) is 44.8 Å². The number of carbonyl (C=O) groups excluding carboxylic acids is 1. The number of carbonyl (C=O) groups is 1. The number of aromatic nitrogens is 2. The number of hydrogen-bond donors (Lipinski definition) is 0. The summed E-state index contributed by atoms with van der Waals surface area (Å²) in [6.45, 7) is 6.81. The lowest BCUT2D eigenvalue weighted by molar-refractivity contribution is -0.135. The molecule has 10 heteroatoms. The van der Waals surface area contributed by atoms with Gasteiger partial charge >= 0.3 is 0 Å². The van der Waals surface area contributed by atoms with Crippen molar-refractivity contribution in [1.29, 1.82) is 0 Å². The molecule has 1 aromatic carbocycles. The molecule has 0 radical (unpaired) electrons. The van der Waals surface area contributed by atoms with Crippen LogP contribution >= 0.6 is 12.2 Å². The van der Waals surface area contributed by atoms with E-state index in [-0.39, 0.29) is 16.6 Å². The number of amides is 1. The summed E-state index contributed by atoms with van der Waals surface area (Å²) in [6.07, 6.45) is 0. The maximum Gasteiger partial charge on any atom is 0.288 e. The van der Waals surface area contributed by atoms with Crippen LogP contribution in [0.5, 0.6) is 0 Å². The fraction of sp³-hybridized carbons (Fsp3) is 0.526. The Balaban J connectivity index is 1.30. The minimum absolute atomic E-state index is 0.170. The molecule has 0 N–H and O–H groups in total. The van der Waals surface area contributed by atoms with Crippen LogP contribution in [0.25, 0.3) is 11.5 Å². The van der Waals surface area contributed by atoms with Crippen LogP contribution in [0.4, 0.5) is 4.39 Å². The smallest absolute Gasteiger partial charge is 0.288 e. The van der Waals surface area contributed by atoms with E-state index in [0.29, 0.717) is 51.0 Å². The average molecular weight is 421 g/mol. The molecule has 156 valence electrons. The van der Waals surface area contributed by atoms with Crippen LogP contribution in [-0.2, 0) is 16.2 Å². The van der Waals surface area contributed by atoms with Crippen LogP contribution in [0.15, 0.2) is 28.7 Å². The van der Waals surface area contributed by atoms with E-state index in [1.165, 1.54) is 12.1 Å². The first-order valence-electron chi connectivity index (χ1n) is 9.72. The lowest BCUT2D eigenvalue weighted by Gasteiger charge is -2.36. The number of benzene rings is 1. The fourth-order valence-electron chi connectivity index (χ4n) is 3.48. The summed E-state index contributed by atoms with van der Waals surface area (Å²) in [5.74, 6) is 0.227. The topological polar surface area (TPSA) is 67.0 Å². The number of ether oxygens (including phenoxy) is 1. The summed E-state index contributed by atoms with van der Waals surface area (Å²) in [5.41, 5.74) is 0.676. The van der Waals surface area contributed by atoms with Crippen LogP contribution < -0.4 is 0 Å². The summed E-state index contributed by atoms with van der Waals surface area (Å²) in [6, 6.07) is 5.94. The average Bonchev–Trinajstić information content (AvgIpc) is 3.10. The molecule has 0 bridgehead atoms. The maximum atomic E-state index is 13.1. The predicted octanol–water partition coefficient (Wildman–Crippen LogP) is 1.45. The second-order valence-corrected chi connectivity index (χ2v) is 7.56. The summed E-state index contributed by atoms with van der Waals surface area (Å²) < 4.78 is 25.6. The van der Waals surface area contributed by atoms with Gasteiger partial charge in [0.2, 0.25) is 11.8 Å². The summed E-state index contributed by atoms with van der Waals surface area (Å²) in [5, 5.41) is 4.42. The Labute approximate surface area is 173 Å². The molecule has 2 aromatic rings. The summed E-state index contributed by atoms with van der Waals surface area (Å²) in [4.78, 5) is 19.0. The quantitative estimate of drug-likeness (QED) is 0.677. The lowest BCUT2D eigenvalue weighted by Crippen LogP contribution is -2.52. The molecule has 3 heterocycles. The molecule has 29 heavy (non-hydrogen) atoms. The molecular weight excluding hydrogens is 397 g/mol. The number of piperazine rings is 1. The molecule has 2 fully saturated rings. The predicted molar refractivity (Wildman–Crippen MR) is 106 cm³/mol. The number of morpholine rings is 1. The van der Waals surface area contributed by atoms with Gasteiger partial charge in [0.25, 0.3) is 4.84 Å². The Morgan fingerprint density at radius 2 is 1.72 bits per heavy atom. The molecule has 2 aliphatic heterocycles. The van der Waals surface area contributed by atoms with Crippen molar-refractivity contribution >= 4 is 18.1 Å². The van der Waals surface area contributed by atoms with Gasteiger partial charge in [-0.2, -0.15) is 0 Å². The molecule has 0 aliphatic carbocycles. The second kappa shape index (κ2) is 9.12. The third-order valence-electron chi connectivity index (χ3n) is 5.22. The molecule has 2 aliphatic rings. The fourth-order valence-corrected chi connectivity index (χ4v) is 3.66. The molecule has 1 amide bonds. The van der Waals surface area contributed by atoms with Gasteiger partial charge in [-0.1, -0.05) is 0 Å². The van der Waals surface area contributed by atoms with Crippen molar-refractivity contribution in [2.24, 2.45) is 0 Å². The minimum atomic E-state index is -0.312. The molecule has 0 saturated carbocycles. The van der Waals surface area contributed by atoms with Gasteiger partial charge in [0.05, 0.1) is 26.4 Å². The minimum Gasteiger partial charge on any atom is -0.409 e. The van der Waals surface area contributed by atoms with Crippen LogP contribution in [0.1, 0.15) is 0 Å². The van der Waals surface area contributed by atoms with Gasteiger partial charge in [-0.15, -0.1) is 5.10 Å². The van der Waals surface area contributed by atoms with E-state index >= 15 is 0 Å². The van der Waals surface area contributed by atoms with Crippen molar-refractivity contribution in [2.75, 3.05) is 59.0 Å². The summed E-state index contributed by atoms with van der Waals surface area (Å²) in [7, 11) is 0. The number of nitrogens with zero attached hydrogens (tertiary/aromatic N) is 5. The molecule has 2 saturated heterocycles. The van der Waals surface area contributed by atoms with Crippen molar-refractivity contribution in [2.45, 2.75) is 6.67 Å². The zero-order chi connectivity index (χ0) is 20.2. The van der Waals surface area contributed by atoms with Crippen LogP contribution in [0.2, 0.25) is 0 Å². The highest BCUT2D eigenvalue weighted by Crippen LogP contribution is 2.18. The highest BCUT2D eigenvalue weighted by molar-refractivity contribution is 7.71. The SMILES string of the molecule is O=C(CN1CCOCC1)N1CCN(Cn2nc(-c3ccc(F)cc3)oc2=S)CC1. The monoisotopic (exact) mass is 421 g/mol. The molecule has 0 spiro atoms. The van der Waals surface area contributed by atoms with E-state index in [2.05, 4.69) is 14.9 Å². The Morgan fingerprint density at radius 3 is 2.41 bits per heavy atom. The van der Waals surface area contributed by atoms with Crippen LogP contribution in [0.3, 0.4) is 0 Å². The number of hydrogen-bond acceptors (Lipinski definition) is 7. The molecule has 0 atom stereocenters. The van der Waals surface area contributed by atoms with Crippen molar-refractivity contribution in [3.05, 3.63) is 34.9 Å². The molecular formula is C19H24FN5O3S. The highest BCUT2D eigenvalue weighted by atomic mass is 32.1. The zero-order valence-electron chi connectivity index (χ0n) is 16.1. The van der Waals surface area contributed by atoms with Gasteiger partial charge in [-0.25, -0.2) is 9.07 Å². The Morgan fingerprint density at radius 1 is 1.03 bits per heavy atom. The normalized spacial score (nSPS) is 18.9. The van der Waals surface area contributed by atoms with Crippen molar-refractivity contribution in [3.63, 3.8) is 0 Å². The largest absolute Gasteiger partial charge is 0.409 e. The van der Waals surface area contributed by atoms with Gasteiger partial charge in [-0.05, 0) is 36.5 Å². The molecule has 4 rings (SSSR count).